The Morgan fingerprint density at radius 1 is 1.56 bits per heavy atom. The molecule has 0 saturated heterocycles. The minimum Gasteiger partial charge on any atom is -0.466 e. The second-order valence-electron chi connectivity index (χ2n) is 3.20. The Morgan fingerprint density at radius 2 is 2.38 bits per heavy atom. The van der Waals surface area contributed by atoms with E-state index in [1.54, 1.807) is 13.0 Å². The van der Waals surface area contributed by atoms with Gasteiger partial charge in [0.1, 0.15) is 10.8 Å². The molecule has 0 bridgehead atoms. The van der Waals surface area contributed by atoms with E-state index in [1.165, 1.54) is 23.5 Å². The van der Waals surface area contributed by atoms with Gasteiger partial charge in [-0.1, -0.05) is 0 Å². The lowest BCUT2D eigenvalue weighted by Gasteiger charge is -1.97. The molecule has 0 aliphatic rings. The molecule has 3 nitrogen and oxygen atoms in total. The molecule has 0 fully saturated rings. The highest BCUT2D eigenvalue weighted by atomic mass is 32.1. The molecule has 0 spiro atoms. The maximum atomic E-state index is 12.9. The lowest BCUT2D eigenvalue weighted by atomic mass is 10.3. The van der Waals surface area contributed by atoms with Crippen molar-refractivity contribution in [1.82, 2.24) is 4.98 Å². The van der Waals surface area contributed by atoms with Crippen molar-refractivity contribution in [2.75, 3.05) is 6.61 Å². The van der Waals surface area contributed by atoms with Crippen LogP contribution in [0, 0.1) is 5.82 Å². The molecule has 2 aromatic rings. The fourth-order valence-corrected chi connectivity index (χ4v) is 2.29. The molecule has 5 heteroatoms. The summed E-state index contributed by atoms with van der Waals surface area (Å²) < 4.78 is 18.6. The average molecular weight is 239 g/mol. The zero-order valence-corrected chi connectivity index (χ0v) is 9.51. The predicted octanol–water partition coefficient (Wildman–Crippen LogP) is 2.54. The van der Waals surface area contributed by atoms with Crippen molar-refractivity contribution in [3.8, 4) is 0 Å². The third kappa shape index (κ3) is 2.36. The SMILES string of the molecule is CCOC(=O)Cc1nc2cc(F)ccc2s1. The number of nitrogens with zero attached hydrogens (tertiary/aromatic N) is 1. The maximum absolute atomic E-state index is 12.9. The molecule has 0 aliphatic heterocycles. The summed E-state index contributed by atoms with van der Waals surface area (Å²) >= 11 is 1.38. The highest BCUT2D eigenvalue weighted by Gasteiger charge is 2.09. The smallest absolute Gasteiger partial charge is 0.312 e. The predicted molar refractivity (Wildman–Crippen MR) is 59.9 cm³/mol. The number of rotatable bonds is 3. The number of fused-ring (bicyclic) bond motifs is 1. The summed E-state index contributed by atoms with van der Waals surface area (Å²) in [7, 11) is 0. The van der Waals surface area contributed by atoms with Crippen LogP contribution in [0.15, 0.2) is 18.2 Å². The van der Waals surface area contributed by atoms with Crippen LogP contribution in [-0.4, -0.2) is 17.6 Å². The molecule has 2 rings (SSSR count). The Balaban J connectivity index is 2.23. The van der Waals surface area contributed by atoms with E-state index in [0.717, 1.165) is 4.70 Å². The van der Waals surface area contributed by atoms with Crippen molar-refractivity contribution in [3.05, 3.63) is 29.0 Å². The lowest BCUT2D eigenvalue weighted by molar-refractivity contribution is -0.142. The van der Waals surface area contributed by atoms with Gasteiger partial charge >= 0.3 is 5.97 Å². The van der Waals surface area contributed by atoms with Gasteiger partial charge in [-0.2, -0.15) is 0 Å². The number of benzene rings is 1. The van der Waals surface area contributed by atoms with E-state index >= 15 is 0 Å². The van der Waals surface area contributed by atoms with Crippen molar-refractivity contribution in [2.45, 2.75) is 13.3 Å². The molecule has 0 atom stereocenters. The van der Waals surface area contributed by atoms with E-state index in [-0.39, 0.29) is 18.2 Å². The number of hydrogen-bond acceptors (Lipinski definition) is 4. The summed E-state index contributed by atoms with van der Waals surface area (Å²) in [6.07, 6.45) is 0.148. The van der Waals surface area contributed by atoms with Crippen LogP contribution in [0.4, 0.5) is 4.39 Å². The molecule has 0 amide bonds. The zero-order chi connectivity index (χ0) is 11.5. The van der Waals surface area contributed by atoms with E-state index in [9.17, 15) is 9.18 Å². The summed E-state index contributed by atoms with van der Waals surface area (Å²) in [5.41, 5.74) is 0.587. The van der Waals surface area contributed by atoms with Crippen LogP contribution >= 0.6 is 11.3 Å². The van der Waals surface area contributed by atoms with Crippen LogP contribution in [0.3, 0.4) is 0 Å². The average Bonchev–Trinajstić information content (AvgIpc) is 2.59. The van der Waals surface area contributed by atoms with Crippen molar-refractivity contribution < 1.29 is 13.9 Å². The molecule has 84 valence electrons. The highest BCUT2D eigenvalue weighted by molar-refractivity contribution is 7.18. The molecule has 1 heterocycles. The number of halogens is 1. The molecule has 0 saturated carbocycles. The second kappa shape index (κ2) is 4.57. The number of thiazole rings is 1. The molecule has 0 unspecified atom stereocenters. The van der Waals surface area contributed by atoms with Crippen LogP contribution in [0.2, 0.25) is 0 Å². The zero-order valence-electron chi connectivity index (χ0n) is 8.70. The second-order valence-corrected chi connectivity index (χ2v) is 4.32. The van der Waals surface area contributed by atoms with Crippen molar-refractivity contribution >= 4 is 27.5 Å². The van der Waals surface area contributed by atoms with Gasteiger partial charge in [-0.3, -0.25) is 4.79 Å². The van der Waals surface area contributed by atoms with Crippen molar-refractivity contribution in [3.63, 3.8) is 0 Å². The lowest BCUT2D eigenvalue weighted by Crippen LogP contribution is -2.06. The molecular formula is C11H10FNO2S. The standard InChI is InChI=1S/C11H10FNO2S/c1-2-15-11(14)6-10-13-8-5-7(12)3-4-9(8)16-10/h3-5H,2,6H2,1H3. The first-order chi connectivity index (χ1) is 7.69. The minimum absolute atomic E-state index is 0.148. The fraction of sp³-hybridized carbons (Fsp3) is 0.273. The Kier molecular flexibility index (Phi) is 3.14. The van der Waals surface area contributed by atoms with Gasteiger partial charge in [0.15, 0.2) is 0 Å². The first kappa shape index (κ1) is 11.0. The summed E-state index contributed by atoms with van der Waals surface area (Å²) in [5, 5.41) is 0.652. The molecule has 16 heavy (non-hydrogen) atoms. The van der Waals surface area contributed by atoms with E-state index in [4.69, 9.17) is 4.74 Å². The van der Waals surface area contributed by atoms with Gasteiger partial charge in [0.25, 0.3) is 0 Å². The van der Waals surface area contributed by atoms with E-state index in [2.05, 4.69) is 4.98 Å². The van der Waals surface area contributed by atoms with Gasteiger partial charge < -0.3 is 4.74 Å². The number of carbonyl (C=O) groups is 1. The number of hydrogen-bond donors (Lipinski definition) is 0. The van der Waals surface area contributed by atoms with Gasteiger partial charge in [0.2, 0.25) is 0 Å². The molecule has 0 aliphatic carbocycles. The van der Waals surface area contributed by atoms with Crippen LogP contribution < -0.4 is 0 Å². The largest absolute Gasteiger partial charge is 0.466 e. The van der Waals surface area contributed by atoms with Gasteiger partial charge in [-0.25, -0.2) is 9.37 Å². The van der Waals surface area contributed by atoms with Crippen molar-refractivity contribution in [2.24, 2.45) is 0 Å². The third-order valence-corrected chi connectivity index (χ3v) is 3.03. The van der Waals surface area contributed by atoms with Crippen LogP contribution in [0.25, 0.3) is 10.2 Å². The number of carbonyl (C=O) groups excluding carboxylic acids is 1. The Morgan fingerprint density at radius 3 is 3.12 bits per heavy atom. The number of ether oxygens (including phenoxy) is 1. The Hall–Kier alpha value is -1.49. The third-order valence-electron chi connectivity index (χ3n) is 1.99. The van der Waals surface area contributed by atoms with Gasteiger partial charge in [0, 0.05) is 6.07 Å². The van der Waals surface area contributed by atoms with Crippen LogP contribution in [-0.2, 0) is 16.0 Å². The Bertz CT molecular complexity index is 524. The summed E-state index contributed by atoms with van der Waals surface area (Å²) in [4.78, 5) is 15.4. The van der Waals surface area contributed by atoms with Gasteiger partial charge in [-0.15, -0.1) is 11.3 Å². The fourth-order valence-electron chi connectivity index (χ4n) is 1.36. The first-order valence-corrected chi connectivity index (χ1v) is 5.71. The molecule has 1 aromatic heterocycles. The molecule has 0 radical (unpaired) electrons. The number of aromatic nitrogens is 1. The topological polar surface area (TPSA) is 39.2 Å². The van der Waals surface area contributed by atoms with E-state index < -0.39 is 0 Å². The normalized spacial score (nSPS) is 10.6. The minimum atomic E-state index is -0.319. The van der Waals surface area contributed by atoms with E-state index in [1.807, 2.05) is 0 Å². The van der Waals surface area contributed by atoms with Crippen molar-refractivity contribution in [1.29, 1.82) is 0 Å². The quantitative estimate of drug-likeness (QED) is 0.773. The first-order valence-electron chi connectivity index (χ1n) is 4.89. The maximum Gasteiger partial charge on any atom is 0.312 e. The van der Waals surface area contributed by atoms with Crippen LogP contribution in [0.1, 0.15) is 11.9 Å². The summed E-state index contributed by atoms with van der Waals surface area (Å²) in [6, 6.07) is 4.41. The summed E-state index contributed by atoms with van der Waals surface area (Å²) in [5.74, 6) is -0.623. The molecular weight excluding hydrogens is 229 g/mol. The molecule has 1 aromatic carbocycles. The molecule has 0 N–H and O–H groups in total. The van der Waals surface area contributed by atoms with Gasteiger partial charge in [0.05, 0.1) is 23.2 Å². The number of esters is 1. The van der Waals surface area contributed by atoms with E-state index in [0.29, 0.717) is 17.1 Å². The monoisotopic (exact) mass is 239 g/mol. The highest BCUT2D eigenvalue weighted by Crippen LogP contribution is 2.23. The van der Waals surface area contributed by atoms with Gasteiger partial charge in [-0.05, 0) is 19.1 Å². The van der Waals surface area contributed by atoms with Crippen LogP contribution in [0.5, 0.6) is 0 Å². The Labute approximate surface area is 95.9 Å². The summed E-state index contributed by atoms with van der Waals surface area (Å²) in [6.45, 7) is 2.12.